The van der Waals surface area contributed by atoms with Crippen LogP contribution in [0, 0.1) is 0 Å². The van der Waals surface area contributed by atoms with E-state index >= 15 is 0 Å². The predicted molar refractivity (Wildman–Crippen MR) is 83.5 cm³/mol. The summed E-state index contributed by atoms with van der Waals surface area (Å²) in [5, 5.41) is 6.76. The minimum atomic E-state index is -0.693. The molecule has 1 fully saturated rings. The topological polar surface area (TPSA) is 94.0 Å². The van der Waals surface area contributed by atoms with Crippen LogP contribution in [0.25, 0.3) is 0 Å². The average Bonchev–Trinajstić information content (AvgIpc) is 3.06. The number of halogens is 1. The molecule has 6 nitrogen and oxygen atoms in total. The normalized spacial score (nSPS) is 16.5. The van der Waals surface area contributed by atoms with Crippen molar-refractivity contribution in [2.75, 3.05) is 0 Å². The summed E-state index contributed by atoms with van der Waals surface area (Å²) in [4.78, 5) is 16.2. The summed E-state index contributed by atoms with van der Waals surface area (Å²) in [6.07, 6.45) is 2.06. The highest BCUT2D eigenvalue weighted by Crippen LogP contribution is 2.32. The van der Waals surface area contributed by atoms with Crippen LogP contribution in [0.4, 0.5) is 0 Å². The molecule has 3 rings (SSSR count). The third-order valence-electron chi connectivity index (χ3n) is 3.65. The largest absolute Gasteiger partial charge is 0.343 e. The number of aromatic nitrogens is 2. The highest BCUT2D eigenvalue weighted by atomic mass is 35.5. The number of carbonyl (C=O) groups excluding carboxylic acids is 1. The van der Waals surface area contributed by atoms with Gasteiger partial charge in [0, 0.05) is 6.42 Å². The lowest BCUT2D eigenvalue weighted by Gasteiger charge is -2.13. The van der Waals surface area contributed by atoms with E-state index in [0.717, 1.165) is 18.4 Å². The van der Waals surface area contributed by atoms with Gasteiger partial charge in [-0.15, -0.1) is 12.4 Å². The van der Waals surface area contributed by atoms with Gasteiger partial charge in [0.15, 0.2) is 5.82 Å². The number of nitrogens with one attached hydrogen (secondary N) is 1. The fourth-order valence-electron chi connectivity index (χ4n) is 2.06. The molecular weight excluding hydrogens is 304 g/mol. The fraction of sp³-hybridized carbons (Fsp3) is 0.400. The molecule has 1 aromatic carbocycles. The molecule has 0 bridgehead atoms. The number of hydrogen-bond acceptors (Lipinski definition) is 5. The number of hydrogen-bond donors (Lipinski definition) is 2. The van der Waals surface area contributed by atoms with Crippen LogP contribution in [0.1, 0.15) is 43.1 Å². The number of amides is 1. The Balaban J connectivity index is 0.00000176. The Bertz CT molecular complexity index is 640. The second-order valence-electron chi connectivity index (χ2n) is 5.56. The summed E-state index contributed by atoms with van der Waals surface area (Å²) >= 11 is 0. The maximum Gasteiger partial charge on any atom is 0.248 e. The summed E-state index contributed by atoms with van der Waals surface area (Å²) in [6, 6.07) is 9.57. The third-order valence-corrected chi connectivity index (χ3v) is 3.65. The van der Waals surface area contributed by atoms with Crippen LogP contribution in [0.2, 0.25) is 0 Å². The van der Waals surface area contributed by atoms with Gasteiger partial charge >= 0.3 is 0 Å². The molecule has 1 saturated carbocycles. The zero-order valence-electron chi connectivity index (χ0n) is 12.3. The van der Waals surface area contributed by atoms with Gasteiger partial charge in [0.2, 0.25) is 11.8 Å². The maximum absolute atomic E-state index is 11.9. The molecule has 1 atom stereocenters. The van der Waals surface area contributed by atoms with Crippen LogP contribution in [-0.2, 0) is 11.2 Å². The van der Waals surface area contributed by atoms with Crippen molar-refractivity contribution in [3.05, 3.63) is 47.6 Å². The Hall–Kier alpha value is -1.92. The lowest BCUT2D eigenvalue weighted by molar-refractivity contribution is -0.124. The minimum absolute atomic E-state index is 0. The molecule has 1 aliphatic rings. The van der Waals surface area contributed by atoms with Crippen molar-refractivity contribution < 1.29 is 9.32 Å². The Kier molecular flexibility index (Phi) is 4.83. The standard InChI is InChI=1S/C15H18N4O2.ClH/c1-10(17-14(20)15(16)7-8-15)13-18-12(19-21-13)9-11-5-3-2-4-6-11;/h2-6,10H,7-9,16H2,1H3,(H,17,20);1H. The highest BCUT2D eigenvalue weighted by molar-refractivity contribution is 5.89. The molecule has 1 amide bonds. The predicted octanol–water partition coefficient (Wildman–Crippen LogP) is 1.75. The van der Waals surface area contributed by atoms with Gasteiger partial charge in [-0.1, -0.05) is 35.5 Å². The van der Waals surface area contributed by atoms with Crippen molar-refractivity contribution in [3.8, 4) is 0 Å². The Morgan fingerprint density at radius 2 is 2.09 bits per heavy atom. The van der Waals surface area contributed by atoms with E-state index in [2.05, 4.69) is 15.5 Å². The first-order valence-corrected chi connectivity index (χ1v) is 7.03. The van der Waals surface area contributed by atoms with E-state index in [1.165, 1.54) is 0 Å². The highest BCUT2D eigenvalue weighted by Gasteiger charge is 2.46. The van der Waals surface area contributed by atoms with Gasteiger partial charge in [-0.3, -0.25) is 4.79 Å². The first-order valence-electron chi connectivity index (χ1n) is 7.03. The van der Waals surface area contributed by atoms with Gasteiger partial charge in [-0.05, 0) is 25.3 Å². The first kappa shape index (κ1) is 16.5. The van der Waals surface area contributed by atoms with E-state index in [1.807, 2.05) is 37.3 Å². The molecule has 1 aromatic heterocycles. The van der Waals surface area contributed by atoms with Gasteiger partial charge in [0.05, 0.1) is 5.54 Å². The van der Waals surface area contributed by atoms with Crippen molar-refractivity contribution in [3.63, 3.8) is 0 Å². The third kappa shape index (κ3) is 3.64. The summed E-state index contributed by atoms with van der Waals surface area (Å²) < 4.78 is 5.22. The lowest BCUT2D eigenvalue weighted by atomic mass is 10.1. The van der Waals surface area contributed by atoms with Crippen molar-refractivity contribution >= 4 is 18.3 Å². The molecule has 0 saturated heterocycles. The SMILES string of the molecule is CC(NC(=O)C1(N)CC1)c1nc(Cc2ccccc2)no1.Cl. The lowest BCUT2D eigenvalue weighted by Crippen LogP contribution is -2.43. The molecule has 22 heavy (non-hydrogen) atoms. The fourth-order valence-corrected chi connectivity index (χ4v) is 2.06. The van der Waals surface area contributed by atoms with E-state index in [9.17, 15) is 4.79 Å². The van der Waals surface area contributed by atoms with Gasteiger partial charge in [0.1, 0.15) is 6.04 Å². The second-order valence-corrected chi connectivity index (χ2v) is 5.56. The molecule has 0 aliphatic heterocycles. The Labute approximate surface area is 134 Å². The molecule has 3 N–H and O–H groups in total. The molecule has 2 aromatic rings. The van der Waals surface area contributed by atoms with Gasteiger partial charge in [-0.25, -0.2) is 0 Å². The van der Waals surface area contributed by atoms with Crippen molar-refractivity contribution in [2.24, 2.45) is 5.73 Å². The summed E-state index contributed by atoms with van der Waals surface area (Å²) in [7, 11) is 0. The van der Waals surface area contributed by atoms with Crippen molar-refractivity contribution in [1.29, 1.82) is 0 Å². The molecule has 1 aliphatic carbocycles. The number of carbonyl (C=O) groups is 1. The minimum Gasteiger partial charge on any atom is -0.343 e. The Morgan fingerprint density at radius 1 is 1.41 bits per heavy atom. The number of benzene rings is 1. The molecule has 1 unspecified atom stereocenters. The van der Waals surface area contributed by atoms with Crippen molar-refractivity contribution in [1.82, 2.24) is 15.5 Å². The van der Waals surface area contributed by atoms with E-state index in [0.29, 0.717) is 18.1 Å². The monoisotopic (exact) mass is 322 g/mol. The number of rotatable bonds is 5. The summed E-state index contributed by atoms with van der Waals surface area (Å²) in [5.74, 6) is 0.850. The van der Waals surface area contributed by atoms with Crippen molar-refractivity contribution in [2.45, 2.75) is 37.8 Å². The van der Waals surface area contributed by atoms with E-state index in [1.54, 1.807) is 0 Å². The zero-order chi connectivity index (χ0) is 14.9. The smallest absolute Gasteiger partial charge is 0.248 e. The van der Waals surface area contributed by atoms with Gasteiger partial charge < -0.3 is 15.6 Å². The van der Waals surface area contributed by atoms with E-state index < -0.39 is 5.54 Å². The van der Waals surface area contributed by atoms with Gasteiger partial charge in [0.25, 0.3) is 0 Å². The van der Waals surface area contributed by atoms with Crippen LogP contribution in [0.15, 0.2) is 34.9 Å². The second kappa shape index (κ2) is 6.46. The molecule has 0 spiro atoms. The summed E-state index contributed by atoms with van der Waals surface area (Å²) in [6.45, 7) is 1.81. The van der Waals surface area contributed by atoms with Crippen LogP contribution < -0.4 is 11.1 Å². The first-order chi connectivity index (χ1) is 10.1. The van der Waals surface area contributed by atoms with Crippen LogP contribution >= 0.6 is 12.4 Å². The molecule has 1 heterocycles. The zero-order valence-corrected chi connectivity index (χ0v) is 13.1. The Morgan fingerprint density at radius 3 is 2.73 bits per heavy atom. The maximum atomic E-state index is 11.9. The molecular formula is C15H19ClN4O2. The number of nitrogens with zero attached hydrogens (tertiary/aromatic N) is 2. The van der Waals surface area contributed by atoms with E-state index in [-0.39, 0.29) is 24.4 Å². The van der Waals surface area contributed by atoms with E-state index in [4.69, 9.17) is 10.3 Å². The molecule has 0 radical (unpaired) electrons. The van der Waals surface area contributed by atoms with Crippen LogP contribution in [-0.4, -0.2) is 21.6 Å². The molecule has 118 valence electrons. The van der Waals surface area contributed by atoms with Gasteiger partial charge in [-0.2, -0.15) is 4.98 Å². The quantitative estimate of drug-likeness (QED) is 0.874. The van der Waals surface area contributed by atoms with Crippen LogP contribution in [0.3, 0.4) is 0 Å². The number of nitrogens with two attached hydrogens (primary N) is 1. The molecule has 7 heteroatoms. The average molecular weight is 323 g/mol. The summed E-state index contributed by atoms with van der Waals surface area (Å²) in [5.41, 5.74) is 6.26. The van der Waals surface area contributed by atoms with Crippen LogP contribution in [0.5, 0.6) is 0 Å².